The van der Waals surface area contributed by atoms with Gasteiger partial charge in [-0.05, 0) is 12.8 Å². The molecule has 0 bridgehead atoms. The van der Waals surface area contributed by atoms with Gasteiger partial charge in [-0.3, -0.25) is 14.4 Å². The molecule has 268 valence electrons. The van der Waals surface area contributed by atoms with E-state index >= 15 is 0 Å². The van der Waals surface area contributed by atoms with Crippen LogP contribution in [0.1, 0.15) is 200 Å². The number of Topliss-reactive ketones (excluding diaryl/α,β-unsaturated/α-hetero) is 2. The molecule has 1 fully saturated rings. The van der Waals surface area contributed by atoms with Crippen molar-refractivity contribution in [1.29, 1.82) is 0 Å². The van der Waals surface area contributed by atoms with Crippen LogP contribution in [0.2, 0.25) is 0 Å². The third kappa shape index (κ3) is 19.8. The molecule has 7 nitrogen and oxygen atoms in total. The monoisotopic (exact) mass is 650 g/mol. The summed E-state index contributed by atoms with van der Waals surface area (Å²) in [6.45, 7) is 4.34. The Hall–Kier alpha value is -1.76. The molecule has 46 heavy (non-hydrogen) atoms. The first kappa shape index (κ1) is 42.3. The molecule has 0 saturated carbocycles. The smallest absolute Gasteiger partial charge is 0.326 e. The van der Waals surface area contributed by atoms with Crippen LogP contribution in [0.15, 0.2) is 0 Å². The maximum atomic E-state index is 13.5. The van der Waals surface area contributed by atoms with E-state index < -0.39 is 41.5 Å². The van der Waals surface area contributed by atoms with Gasteiger partial charge in [0.2, 0.25) is 5.91 Å². The van der Waals surface area contributed by atoms with Crippen LogP contribution in [-0.2, 0) is 19.2 Å². The Balaban J connectivity index is 2.41. The van der Waals surface area contributed by atoms with E-state index in [1.807, 2.05) is 0 Å². The van der Waals surface area contributed by atoms with Crippen LogP contribution >= 0.6 is 0 Å². The van der Waals surface area contributed by atoms with Crippen LogP contribution < -0.4 is 0 Å². The van der Waals surface area contributed by atoms with E-state index in [1.165, 1.54) is 116 Å². The van der Waals surface area contributed by atoms with Gasteiger partial charge in [-0.1, -0.05) is 168 Å². The van der Waals surface area contributed by atoms with Crippen LogP contribution in [0.3, 0.4) is 0 Å². The number of carbonyl (C=O) groups excluding carboxylic acids is 3. The topological polar surface area (TPSA) is 112 Å². The third-order valence-corrected chi connectivity index (χ3v) is 9.79. The van der Waals surface area contributed by atoms with Gasteiger partial charge < -0.3 is 15.1 Å². The molecule has 0 unspecified atom stereocenters. The Kier molecular flexibility index (Phi) is 26.0. The Morgan fingerprint density at radius 2 is 0.848 bits per heavy atom. The molecule has 1 rings (SSSR count). The number of carboxylic acids is 1. The van der Waals surface area contributed by atoms with Gasteiger partial charge >= 0.3 is 5.97 Å². The second-order valence-electron chi connectivity index (χ2n) is 14.1. The molecular formula is C39H71NO6. The van der Waals surface area contributed by atoms with Crippen molar-refractivity contribution in [2.75, 3.05) is 6.54 Å². The molecule has 2 N–H and O–H groups in total. The van der Waals surface area contributed by atoms with Crippen molar-refractivity contribution >= 4 is 23.4 Å². The van der Waals surface area contributed by atoms with Crippen molar-refractivity contribution in [2.45, 2.75) is 212 Å². The van der Waals surface area contributed by atoms with Gasteiger partial charge in [0, 0.05) is 25.8 Å². The van der Waals surface area contributed by atoms with Gasteiger partial charge in [0.25, 0.3) is 0 Å². The number of ketones is 2. The third-order valence-electron chi connectivity index (χ3n) is 9.79. The minimum absolute atomic E-state index is 0.0755. The fraction of sp³-hybridized carbons (Fsp3) is 0.897. The minimum atomic E-state index is -1.44. The highest BCUT2D eigenvalue weighted by molar-refractivity contribution is 6.19. The highest BCUT2D eigenvalue weighted by atomic mass is 16.4. The zero-order valence-electron chi connectivity index (χ0n) is 29.9. The first-order chi connectivity index (χ1) is 22.3. The molecule has 0 radical (unpaired) electrons. The Bertz CT molecular complexity index is 772. The van der Waals surface area contributed by atoms with E-state index in [9.17, 15) is 29.4 Å². The zero-order valence-corrected chi connectivity index (χ0v) is 29.9. The number of carboxylic acid groups (broad SMARTS) is 1. The van der Waals surface area contributed by atoms with Crippen molar-refractivity contribution in [3.63, 3.8) is 0 Å². The van der Waals surface area contributed by atoms with E-state index in [1.54, 1.807) is 0 Å². The summed E-state index contributed by atoms with van der Waals surface area (Å²) in [5.74, 6) is -4.17. The van der Waals surface area contributed by atoms with E-state index in [0.717, 1.165) is 43.4 Å². The summed E-state index contributed by atoms with van der Waals surface area (Å²) in [7, 11) is 0. The summed E-state index contributed by atoms with van der Waals surface area (Å²) in [6, 6.07) is -1.20. The SMILES string of the molecule is CCCCCCCCCCCCCCCC(=O)C(C(=O)CCCCCCCCCCCCCCC)C(=O)N1C[C@H](O)C[C@H]1C(=O)O. The standard InChI is InChI=1S/C39H71NO6/c1-3-5-7-9-11-13-15-17-19-21-23-25-27-29-35(42)37(38(44)40-32-33(41)31-34(40)39(45)46)36(43)30-28-26-24-22-20-18-16-14-12-10-8-6-4-2/h33-34,37,41H,3-32H2,1-2H3,(H,45,46)/t33-,34+/m1/s1. The number of aliphatic hydroxyl groups excluding tert-OH is 1. The predicted octanol–water partition coefficient (Wildman–Crippen LogP) is 9.75. The second-order valence-corrected chi connectivity index (χ2v) is 14.1. The van der Waals surface area contributed by atoms with Crippen LogP contribution in [0.25, 0.3) is 0 Å². The van der Waals surface area contributed by atoms with E-state index in [4.69, 9.17) is 0 Å². The molecule has 1 saturated heterocycles. The normalized spacial score (nSPS) is 16.4. The first-order valence-electron chi connectivity index (χ1n) is 19.6. The number of aliphatic carboxylic acids is 1. The van der Waals surface area contributed by atoms with Crippen molar-refractivity contribution < 1.29 is 29.4 Å². The maximum Gasteiger partial charge on any atom is 0.326 e. The van der Waals surface area contributed by atoms with Crippen LogP contribution in [0, 0.1) is 5.92 Å². The minimum Gasteiger partial charge on any atom is -0.480 e. The summed E-state index contributed by atoms with van der Waals surface area (Å²) in [6.07, 6.45) is 30.1. The van der Waals surface area contributed by atoms with Gasteiger partial charge in [0.1, 0.15) is 6.04 Å². The molecule has 1 heterocycles. The van der Waals surface area contributed by atoms with E-state index in [0.29, 0.717) is 12.8 Å². The molecule has 0 aromatic heterocycles. The number of unbranched alkanes of at least 4 members (excludes halogenated alkanes) is 24. The van der Waals surface area contributed by atoms with Crippen molar-refractivity contribution in [2.24, 2.45) is 5.92 Å². The maximum absolute atomic E-state index is 13.5. The second kappa shape index (κ2) is 28.3. The number of hydrogen-bond donors (Lipinski definition) is 2. The number of rotatable bonds is 32. The molecule has 0 aromatic rings. The fourth-order valence-corrected chi connectivity index (χ4v) is 6.83. The molecule has 0 aromatic carbocycles. The number of carbonyl (C=O) groups is 4. The molecule has 1 aliphatic heterocycles. The van der Waals surface area contributed by atoms with Crippen LogP contribution in [-0.4, -0.2) is 57.2 Å². The number of hydrogen-bond acceptors (Lipinski definition) is 5. The molecule has 0 aliphatic carbocycles. The zero-order chi connectivity index (χ0) is 33.8. The molecule has 1 aliphatic rings. The first-order valence-corrected chi connectivity index (χ1v) is 19.6. The predicted molar refractivity (Wildman–Crippen MR) is 188 cm³/mol. The van der Waals surface area contributed by atoms with E-state index in [2.05, 4.69) is 13.8 Å². The summed E-state index contributed by atoms with van der Waals surface area (Å²) in [5.41, 5.74) is 0. The lowest BCUT2D eigenvalue weighted by atomic mass is 9.90. The number of aliphatic hydroxyl groups is 1. The summed E-state index contributed by atoms with van der Waals surface area (Å²) in [4.78, 5) is 52.9. The fourth-order valence-electron chi connectivity index (χ4n) is 6.83. The molecule has 2 atom stereocenters. The van der Waals surface area contributed by atoms with Gasteiger partial charge in [0.15, 0.2) is 17.5 Å². The van der Waals surface area contributed by atoms with Crippen molar-refractivity contribution in [1.82, 2.24) is 4.90 Å². The van der Waals surface area contributed by atoms with Gasteiger partial charge in [-0.25, -0.2) is 4.79 Å². The van der Waals surface area contributed by atoms with Gasteiger partial charge in [-0.15, -0.1) is 0 Å². The summed E-state index contributed by atoms with van der Waals surface area (Å²) in [5, 5.41) is 19.7. The highest BCUT2D eigenvalue weighted by Crippen LogP contribution is 2.24. The summed E-state index contributed by atoms with van der Waals surface area (Å²) < 4.78 is 0. The molecule has 0 spiro atoms. The lowest BCUT2D eigenvalue weighted by Gasteiger charge is -2.25. The molecule has 1 amide bonds. The molecule has 7 heteroatoms. The lowest BCUT2D eigenvalue weighted by Crippen LogP contribution is -2.48. The number of amides is 1. The Labute approximate surface area is 282 Å². The Morgan fingerprint density at radius 1 is 0.543 bits per heavy atom. The largest absolute Gasteiger partial charge is 0.480 e. The lowest BCUT2D eigenvalue weighted by molar-refractivity contribution is -0.154. The average Bonchev–Trinajstić information content (AvgIpc) is 3.44. The van der Waals surface area contributed by atoms with Gasteiger partial charge in [-0.2, -0.15) is 0 Å². The highest BCUT2D eigenvalue weighted by Gasteiger charge is 2.44. The van der Waals surface area contributed by atoms with Gasteiger partial charge in [0.05, 0.1) is 6.10 Å². The number of β-amino-alcohol motifs (C(OH)–C–C–N with tert-alkyl or cyclic N) is 1. The number of nitrogens with zero attached hydrogens (tertiary/aromatic N) is 1. The van der Waals surface area contributed by atoms with Crippen LogP contribution in [0.4, 0.5) is 0 Å². The summed E-state index contributed by atoms with van der Waals surface area (Å²) >= 11 is 0. The average molecular weight is 650 g/mol. The van der Waals surface area contributed by atoms with Crippen molar-refractivity contribution in [3.05, 3.63) is 0 Å². The van der Waals surface area contributed by atoms with Crippen molar-refractivity contribution in [3.8, 4) is 0 Å². The number of likely N-dealkylation sites (tertiary alicyclic amines) is 1. The molecular weight excluding hydrogens is 578 g/mol. The van der Waals surface area contributed by atoms with E-state index in [-0.39, 0.29) is 25.8 Å². The Morgan fingerprint density at radius 3 is 1.15 bits per heavy atom. The van der Waals surface area contributed by atoms with Crippen LogP contribution in [0.5, 0.6) is 0 Å². The quantitative estimate of drug-likeness (QED) is 0.0554.